The third-order valence-electron chi connectivity index (χ3n) is 1.47. The molecule has 1 aliphatic carbocycles. The van der Waals surface area contributed by atoms with Crippen LogP contribution >= 0.6 is 0 Å². The fourth-order valence-corrected chi connectivity index (χ4v) is 1.01. The molecule has 0 atom stereocenters. The molecule has 0 heterocycles. The molecule has 0 amide bonds. The van der Waals surface area contributed by atoms with Gasteiger partial charge in [-0.2, -0.15) is 0 Å². The molecular weight excluding hydrogens is 72.1 g/mol. The lowest BCUT2D eigenvalue weighted by molar-refractivity contribution is 0.612. The molecule has 0 heteroatoms. The van der Waals surface area contributed by atoms with E-state index in [0.717, 1.165) is 5.92 Å². The maximum atomic E-state index is 7.00. The molecule has 0 aliphatic heterocycles. The first kappa shape index (κ1) is 3.06. The van der Waals surface area contributed by atoms with Gasteiger partial charge in [-0.3, -0.25) is 0 Å². The lowest BCUT2D eigenvalue weighted by atomic mass is 10.2. The van der Waals surface area contributed by atoms with Crippen molar-refractivity contribution < 1.29 is 1.37 Å². The molecule has 0 saturated heterocycles. The van der Waals surface area contributed by atoms with Gasteiger partial charge in [0, 0.05) is 1.37 Å². The lowest BCUT2D eigenvalue weighted by Gasteiger charge is -1.91. The molecular formula is C6H12. The molecule has 1 rings (SSSR count). The molecule has 1 fully saturated rings. The molecule has 0 spiro atoms. The Morgan fingerprint density at radius 1 is 1.50 bits per heavy atom. The maximum Gasteiger partial charge on any atom is 0.0233 e. The van der Waals surface area contributed by atoms with Crippen LogP contribution in [0.5, 0.6) is 0 Å². The molecule has 0 aromatic carbocycles. The third kappa shape index (κ3) is 0.735. The summed E-state index contributed by atoms with van der Waals surface area (Å²) in [5.41, 5.74) is 0. The third-order valence-corrected chi connectivity index (χ3v) is 1.47. The summed E-state index contributed by atoms with van der Waals surface area (Å²) in [6.07, 6.45) is 5.40. The van der Waals surface area contributed by atoms with Gasteiger partial charge in [0.1, 0.15) is 0 Å². The van der Waals surface area contributed by atoms with Gasteiger partial charge in [-0.05, 0) is 5.92 Å². The fraction of sp³-hybridized carbons (Fsp3) is 1.00. The van der Waals surface area contributed by atoms with Crippen molar-refractivity contribution in [2.45, 2.75) is 32.6 Å². The quantitative estimate of drug-likeness (QED) is 0.423. The van der Waals surface area contributed by atoms with Crippen molar-refractivity contribution in [3.63, 3.8) is 0 Å². The van der Waals surface area contributed by atoms with E-state index in [2.05, 4.69) is 0 Å². The fourth-order valence-electron chi connectivity index (χ4n) is 1.01. The Morgan fingerprint density at radius 2 is 2.17 bits per heavy atom. The second-order valence-corrected chi connectivity index (χ2v) is 2.15. The van der Waals surface area contributed by atoms with Crippen molar-refractivity contribution in [2.24, 2.45) is 5.92 Å². The van der Waals surface area contributed by atoms with E-state index in [1.165, 1.54) is 25.7 Å². The van der Waals surface area contributed by atoms with E-state index >= 15 is 0 Å². The normalized spacial score (nSPS) is 27.7. The van der Waals surface area contributed by atoms with E-state index in [-0.39, 0.29) is 0 Å². The summed E-state index contributed by atoms with van der Waals surface area (Å²) in [4.78, 5) is 0. The Bertz CT molecular complexity index is 46.1. The van der Waals surface area contributed by atoms with Gasteiger partial charge >= 0.3 is 0 Å². The summed E-state index contributed by atoms with van der Waals surface area (Å²) < 4.78 is 7.00. The van der Waals surface area contributed by atoms with Crippen LogP contribution in [0.1, 0.15) is 34.0 Å². The number of rotatable bonds is 0. The van der Waals surface area contributed by atoms with Gasteiger partial charge in [0.05, 0.1) is 0 Å². The van der Waals surface area contributed by atoms with Crippen LogP contribution in [0.25, 0.3) is 0 Å². The lowest BCUT2D eigenvalue weighted by Crippen LogP contribution is -1.78. The first-order valence-corrected chi connectivity index (χ1v) is 2.72. The Balaban J connectivity index is 2.14. The van der Waals surface area contributed by atoms with Crippen LogP contribution in [0.3, 0.4) is 0 Å². The smallest absolute Gasteiger partial charge is 0.0233 e. The second kappa shape index (κ2) is 1.63. The van der Waals surface area contributed by atoms with Crippen LogP contribution in [-0.2, 0) is 0 Å². The number of hydrogen-bond acceptors (Lipinski definition) is 0. The summed E-state index contributed by atoms with van der Waals surface area (Å²) >= 11 is 0. The Kier molecular flexibility index (Phi) is 0.833. The predicted molar refractivity (Wildman–Crippen MR) is 27.6 cm³/mol. The highest BCUT2D eigenvalue weighted by Crippen LogP contribution is 2.22. The highest BCUT2D eigenvalue weighted by Gasteiger charge is 2.07. The van der Waals surface area contributed by atoms with Crippen molar-refractivity contribution >= 4 is 0 Å². The summed E-state index contributed by atoms with van der Waals surface area (Å²) in [6.45, 7) is 0.667. The van der Waals surface area contributed by atoms with Crippen molar-refractivity contribution in [2.75, 3.05) is 0 Å². The minimum atomic E-state index is 0.667. The zero-order valence-electron chi connectivity index (χ0n) is 5.11. The summed E-state index contributed by atoms with van der Waals surface area (Å²) in [5.74, 6) is 0.764. The zero-order valence-corrected chi connectivity index (χ0v) is 4.11. The molecule has 0 N–H and O–H groups in total. The van der Waals surface area contributed by atoms with E-state index in [0.29, 0.717) is 6.90 Å². The van der Waals surface area contributed by atoms with Gasteiger partial charge < -0.3 is 0 Å². The second-order valence-electron chi connectivity index (χ2n) is 2.15. The molecule has 0 aromatic rings. The minimum Gasteiger partial charge on any atom is -0.0625 e. The predicted octanol–water partition coefficient (Wildman–Crippen LogP) is 2.20. The molecule has 0 aromatic heterocycles. The van der Waals surface area contributed by atoms with E-state index in [1.807, 2.05) is 0 Å². The molecule has 6 heavy (non-hydrogen) atoms. The van der Waals surface area contributed by atoms with Crippen LogP contribution in [0, 0.1) is 5.92 Å². The van der Waals surface area contributed by atoms with Crippen molar-refractivity contribution in [1.82, 2.24) is 0 Å². The first-order valence-electron chi connectivity index (χ1n) is 3.43. The van der Waals surface area contributed by atoms with Gasteiger partial charge in [-0.25, -0.2) is 0 Å². The summed E-state index contributed by atoms with van der Waals surface area (Å²) in [7, 11) is 0. The SMILES string of the molecule is [2H]CC1CCCC1. The van der Waals surface area contributed by atoms with E-state index in [1.54, 1.807) is 0 Å². The largest absolute Gasteiger partial charge is 0.0625 e. The van der Waals surface area contributed by atoms with Crippen LogP contribution in [0.4, 0.5) is 0 Å². The molecule has 1 saturated carbocycles. The van der Waals surface area contributed by atoms with Gasteiger partial charge in [0.2, 0.25) is 0 Å². The molecule has 36 valence electrons. The van der Waals surface area contributed by atoms with Crippen LogP contribution < -0.4 is 0 Å². The van der Waals surface area contributed by atoms with Crippen LogP contribution in [0.15, 0.2) is 0 Å². The van der Waals surface area contributed by atoms with Crippen LogP contribution in [0.2, 0.25) is 0 Å². The van der Waals surface area contributed by atoms with E-state index < -0.39 is 0 Å². The Morgan fingerprint density at radius 3 is 2.50 bits per heavy atom. The van der Waals surface area contributed by atoms with Gasteiger partial charge in [0.25, 0.3) is 0 Å². The van der Waals surface area contributed by atoms with Gasteiger partial charge in [-0.1, -0.05) is 32.6 Å². The standard InChI is InChI=1S/C6H12/c1-6-4-2-3-5-6/h6H,2-5H2,1H3/i1D. The first-order chi connectivity index (χ1) is 3.43. The van der Waals surface area contributed by atoms with Crippen molar-refractivity contribution in [3.05, 3.63) is 0 Å². The summed E-state index contributed by atoms with van der Waals surface area (Å²) in [6, 6.07) is 0. The zero-order chi connectivity index (χ0) is 5.11. The average Bonchev–Trinajstić information content (AvgIpc) is 2.14. The van der Waals surface area contributed by atoms with E-state index in [9.17, 15) is 0 Å². The average molecular weight is 85.2 g/mol. The van der Waals surface area contributed by atoms with Gasteiger partial charge in [-0.15, -0.1) is 0 Å². The summed E-state index contributed by atoms with van der Waals surface area (Å²) in [5, 5.41) is 0. The number of hydrogen-bond donors (Lipinski definition) is 0. The van der Waals surface area contributed by atoms with Gasteiger partial charge in [0.15, 0.2) is 0 Å². The Labute approximate surface area is 41.0 Å². The highest BCUT2D eigenvalue weighted by molar-refractivity contribution is 4.60. The Hall–Kier alpha value is 0. The van der Waals surface area contributed by atoms with E-state index in [4.69, 9.17) is 1.37 Å². The minimum absolute atomic E-state index is 0.667. The monoisotopic (exact) mass is 85.1 g/mol. The molecule has 0 nitrogen and oxygen atoms in total. The van der Waals surface area contributed by atoms with Crippen molar-refractivity contribution in [1.29, 1.82) is 0 Å². The maximum absolute atomic E-state index is 7.00. The molecule has 0 unspecified atom stereocenters. The highest BCUT2D eigenvalue weighted by atomic mass is 14.1. The van der Waals surface area contributed by atoms with Crippen LogP contribution in [-0.4, -0.2) is 0 Å². The molecule has 1 aliphatic rings. The van der Waals surface area contributed by atoms with Crippen molar-refractivity contribution in [3.8, 4) is 0 Å². The topological polar surface area (TPSA) is 0 Å². The molecule has 0 bridgehead atoms. The molecule has 0 radical (unpaired) electrons.